The van der Waals surface area contributed by atoms with Gasteiger partial charge in [-0.2, -0.15) is 0 Å². The number of fused-ring (bicyclic) bond motifs is 1. The van der Waals surface area contributed by atoms with E-state index in [-0.39, 0.29) is 24.0 Å². The second-order valence-corrected chi connectivity index (χ2v) is 7.06. The second-order valence-electron chi connectivity index (χ2n) is 7.06. The largest absolute Gasteiger partial charge is 0.363 e. The number of benzene rings is 1. The molecule has 29 heavy (non-hydrogen) atoms. The van der Waals surface area contributed by atoms with Gasteiger partial charge in [0.2, 0.25) is 0 Å². The van der Waals surface area contributed by atoms with Crippen LogP contribution in [-0.4, -0.2) is 43.1 Å². The van der Waals surface area contributed by atoms with Crippen molar-refractivity contribution in [3.63, 3.8) is 0 Å². The number of aryl methyl sites for hydroxylation is 1. The lowest BCUT2D eigenvalue weighted by molar-refractivity contribution is 0.798. The number of hydrogen-bond donors (Lipinski definition) is 3. The SMILES string of the molecule is CCNC(=NCc1cccc(N(C)C)n1)NCCc1c[nH]c2cccc(C)c12.I. The molecule has 0 aliphatic rings. The number of aromatic nitrogens is 2. The highest BCUT2D eigenvalue weighted by atomic mass is 127. The summed E-state index contributed by atoms with van der Waals surface area (Å²) in [6.07, 6.45) is 3.05. The Labute approximate surface area is 190 Å². The van der Waals surface area contributed by atoms with E-state index in [9.17, 15) is 0 Å². The van der Waals surface area contributed by atoms with E-state index in [4.69, 9.17) is 0 Å². The van der Waals surface area contributed by atoms with Crippen LogP contribution in [0.5, 0.6) is 0 Å². The first-order valence-corrected chi connectivity index (χ1v) is 9.79. The number of nitrogens with one attached hydrogen (secondary N) is 3. The van der Waals surface area contributed by atoms with E-state index in [1.807, 2.05) is 37.2 Å². The molecule has 156 valence electrons. The highest BCUT2D eigenvalue weighted by molar-refractivity contribution is 14.0. The molecule has 0 fully saturated rings. The van der Waals surface area contributed by atoms with Gasteiger partial charge in [0.25, 0.3) is 0 Å². The lowest BCUT2D eigenvalue weighted by Crippen LogP contribution is -2.38. The van der Waals surface area contributed by atoms with Gasteiger partial charge in [0.05, 0.1) is 12.2 Å². The maximum Gasteiger partial charge on any atom is 0.191 e. The van der Waals surface area contributed by atoms with Gasteiger partial charge in [-0.05, 0) is 49.6 Å². The summed E-state index contributed by atoms with van der Waals surface area (Å²) in [6.45, 7) is 6.42. The Morgan fingerprint density at radius 3 is 2.69 bits per heavy atom. The van der Waals surface area contributed by atoms with E-state index in [0.717, 1.165) is 37.0 Å². The molecule has 0 saturated heterocycles. The molecule has 0 amide bonds. The Morgan fingerprint density at radius 2 is 1.93 bits per heavy atom. The summed E-state index contributed by atoms with van der Waals surface area (Å²) < 4.78 is 0. The zero-order chi connectivity index (χ0) is 19.9. The van der Waals surface area contributed by atoms with Gasteiger partial charge < -0.3 is 20.5 Å². The van der Waals surface area contributed by atoms with Crippen molar-refractivity contribution in [3.8, 4) is 0 Å². The third-order valence-electron chi connectivity index (χ3n) is 4.68. The van der Waals surface area contributed by atoms with Crippen molar-refractivity contribution in [1.29, 1.82) is 0 Å². The molecule has 0 saturated carbocycles. The number of rotatable bonds is 7. The van der Waals surface area contributed by atoms with Crippen LogP contribution in [0.1, 0.15) is 23.7 Å². The fourth-order valence-electron chi connectivity index (χ4n) is 3.27. The summed E-state index contributed by atoms with van der Waals surface area (Å²) >= 11 is 0. The molecule has 0 radical (unpaired) electrons. The van der Waals surface area contributed by atoms with Crippen LogP contribution in [-0.2, 0) is 13.0 Å². The van der Waals surface area contributed by atoms with E-state index in [1.54, 1.807) is 0 Å². The summed E-state index contributed by atoms with van der Waals surface area (Å²) in [5, 5.41) is 8.08. The fraction of sp³-hybridized carbons (Fsp3) is 0.364. The van der Waals surface area contributed by atoms with Crippen molar-refractivity contribution in [2.24, 2.45) is 4.99 Å². The summed E-state index contributed by atoms with van der Waals surface area (Å²) in [5.41, 5.74) is 4.79. The quantitative estimate of drug-likeness (QED) is 0.259. The van der Waals surface area contributed by atoms with Crippen molar-refractivity contribution in [1.82, 2.24) is 20.6 Å². The first-order valence-electron chi connectivity index (χ1n) is 9.79. The predicted octanol–water partition coefficient (Wildman–Crippen LogP) is 3.85. The first kappa shape index (κ1) is 23.0. The minimum Gasteiger partial charge on any atom is -0.363 e. The molecule has 0 aliphatic carbocycles. The fourth-order valence-corrected chi connectivity index (χ4v) is 3.27. The van der Waals surface area contributed by atoms with E-state index in [1.165, 1.54) is 22.0 Å². The summed E-state index contributed by atoms with van der Waals surface area (Å²) in [5.74, 6) is 1.76. The van der Waals surface area contributed by atoms with Crippen molar-refractivity contribution in [2.45, 2.75) is 26.8 Å². The Hall–Kier alpha value is -2.29. The normalized spacial score (nSPS) is 11.2. The zero-order valence-electron chi connectivity index (χ0n) is 17.6. The zero-order valence-corrected chi connectivity index (χ0v) is 20.0. The topological polar surface area (TPSA) is 68.3 Å². The molecule has 2 aromatic heterocycles. The maximum atomic E-state index is 4.69. The highest BCUT2D eigenvalue weighted by Crippen LogP contribution is 2.22. The average molecular weight is 506 g/mol. The number of anilines is 1. The number of pyridine rings is 1. The molecule has 6 nitrogen and oxygen atoms in total. The van der Waals surface area contributed by atoms with Crippen molar-refractivity contribution in [3.05, 3.63) is 59.4 Å². The Balaban J connectivity index is 0.00000300. The lowest BCUT2D eigenvalue weighted by Gasteiger charge is -2.13. The highest BCUT2D eigenvalue weighted by Gasteiger charge is 2.06. The average Bonchev–Trinajstić information content (AvgIpc) is 3.11. The molecule has 0 unspecified atom stereocenters. The molecular weight excluding hydrogens is 475 g/mol. The van der Waals surface area contributed by atoms with Gasteiger partial charge in [0, 0.05) is 44.3 Å². The number of nitrogens with zero attached hydrogens (tertiary/aromatic N) is 3. The number of hydrogen-bond acceptors (Lipinski definition) is 3. The molecule has 0 bridgehead atoms. The van der Waals surface area contributed by atoms with Crippen LogP contribution in [0, 0.1) is 6.92 Å². The molecule has 0 aliphatic heterocycles. The van der Waals surface area contributed by atoms with Gasteiger partial charge >= 0.3 is 0 Å². The standard InChI is InChI=1S/C22H30N6.HI/c1-5-23-22(26-15-18-9-7-11-20(27-18)28(3)4)24-13-12-17-14-25-19-10-6-8-16(2)21(17)19;/h6-11,14,25H,5,12-13,15H2,1-4H3,(H2,23,24,26);1H. The first-order chi connectivity index (χ1) is 13.6. The van der Waals surface area contributed by atoms with Gasteiger partial charge in [-0.25, -0.2) is 9.98 Å². The van der Waals surface area contributed by atoms with Gasteiger partial charge in [-0.1, -0.05) is 18.2 Å². The van der Waals surface area contributed by atoms with E-state index < -0.39 is 0 Å². The van der Waals surface area contributed by atoms with Crippen molar-refractivity contribution >= 4 is 46.7 Å². The Bertz CT molecular complexity index is 947. The summed E-state index contributed by atoms with van der Waals surface area (Å²) in [4.78, 5) is 14.7. The number of H-pyrrole nitrogens is 1. The molecule has 0 spiro atoms. The maximum absolute atomic E-state index is 4.69. The van der Waals surface area contributed by atoms with Gasteiger partial charge in [0.1, 0.15) is 5.82 Å². The van der Waals surface area contributed by atoms with Crippen molar-refractivity contribution < 1.29 is 0 Å². The molecule has 7 heteroatoms. The van der Waals surface area contributed by atoms with Crippen LogP contribution in [0.15, 0.2) is 47.6 Å². The number of aromatic amines is 1. The van der Waals surface area contributed by atoms with Crippen LogP contribution >= 0.6 is 24.0 Å². The van der Waals surface area contributed by atoms with E-state index >= 15 is 0 Å². The molecular formula is C22H31IN6. The van der Waals surface area contributed by atoms with Crippen LogP contribution < -0.4 is 15.5 Å². The van der Waals surface area contributed by atoms with E-state index in [2.05, 4.69) is 63.8 Å². The Morgan fingerprint density at radius 1 is 1.14 bits per heavy atom. The van der Waals surface area contributed by atoms with E-state index in [0.29, 0.717) is 6.54 Å². The second kappa shape index (κ2) is 11.0. The predicted molar refractivity (Wildman–Crippen MR) is 134 cm³/mol. The van der Waals surface area contributed by atoms with Crippen molar-refractivity contribution in [2.75, 3.05) is 32.1 Å². The Kier molecular flexibility index (Phi) is 8.75. The molecule has 3 rings (SSSR count). The number of aliphatic imine (C=N–C) groups is 1. The number of halogens is 1. The minimum absolute atomic E-state index is 0. The van der Waals surface area contributed by atoms with Crippen LogP contribution in [0.3, 0.4) is 0 Å². The van der Waals surface area contributed by atoms with Crippen LogP contribution in [0.4, 0.5) is 5.82 Å². The lowest BCUT2D eigenvalue weighted by atomic mass is 10.1. The van der Waals surface area contributed by atoms with Gasteiger partial charge in [-0.15, -0.1) is 24.0 Å². The molecule has 1 aromatic carbocycles. The smallest absolute Gasteiger partial charge is 0.191 e. The van der Waals surface area contributed by atoms with Gasteiger partial charge in [0.15, 0.2) is 5.96 Å². The summed E-state index contributed by atoms with van der Waals surface area (Å²) in [7, 11) is 3.99. The molecule has 0 atom stereocenters. The molecule has 3 aromatic rings. The monoisotopic (exact) mass is 506 g/mol. The third-order valence-corrected chi connectivity index (χ3v) is 4.68. The summed E-state index contributed by atoms with van der Waals surface area (Å²) in [6, 6.07) is 12.4. The van der Waals surface area contributed by atoms with Crippen LogP contribution in [0.2, 0.25) is 0 Å². The number of guanidine groups is 1. The van der Waals surface area contributed by atoms with Crippen LogP contribution in [0.25, 0.3) is 10.9 Å². The third kappa shape index (κ3) is 6.09. The van der Waals surface area contributed by atoms with Gasteiger partial charge in [-0.3, -0.25) is 0 Å². The minimum atomic E-state index is 0. The molecule has 2 heterocycles. The molecule has 3 N–H and O–H groups in total.